The molecule has 1 heterocycles. The average molecular weight is 562 g/mol. The summed E-state index contributed by atoms with van der Waals surface area (Å²) in [6.07, 6.45) is 1.66. The van der Waals surface area contributed by atoms with Crippen molar-refractivity contribution in [1.29, 1.82) is 0 Å². The van der Waals surface area contributed by atoms with Crippen LogP contribution in [0, 0.1) is 0 Å². The lowest BCUT2D eigenvalue weighted by atomic mass is 9.90. The van der Waals surface area contributed by atoms with Crippen molar-refractivity contribution in [2.45, 2.75) is 32.2 Å². The fourth-order valence-corrected chi connectivity index (χ4v) is 6.22. The zero-order valence-corrected chi connectivity index (χ0v) is 23.8. The number of nitrogens with one attached hydrogen (secondary N) is 1. The minimum absolute atomic E-state index is 0.0292. The van der Waals surface area contributed by atoms with Gasteiger partial charge in [0.2, 0.25) is 11.8 Å². The lowest BCUT2D eigenvalue weighted by molar-refractivity contribution is -0.137. The lowest BCUT2D eigenvalue weighted by Gasteiger charge is -2.37. The SMILES string of the molecule is CC(=O)c1ccc(N2CCN(C(=O)[C@H](CO)NC(=O)CCCc3ccc4ccc5cccc6ccc3c4c56)CC2)cc1. The third kappa shape index (κ3) is 5.40. The lowest BCUT2D eigenvalue weighted by Crippen LogP contribution is -2.56. The van der Waals surface area contributed by atoms with Crippen LogP contribution in [0.5, 0.6) is 0 Å². The van der Waals surface area contributed by atoms with Crippen molar-refractivity contribution in [2.75, 3.05) is 37.7 Å². The van der Waals surface area contributed by atoms with Gasteiger partial charge in [-0.05, 0) is 81.9 Å². The quantitative estimate of drug-likeness (QED) is 0.197. The van der Waals surface area contributed by atoms with Crippen molar-refractivity contribution in [1.82, 2.24) is 10.2 Å². The number of piperazine rings is 1. The Bertz CT molecular complexity index is 1740. The van der Waals surface area contributed by atoms with Crippen molar-refractivity contribution in [3.05, 3.63) is 90.0 Å². The Morgan fingerprint density at radius 3 is 2.12 bits per heavy atom. The topological polar surface area (TPSA) is 90.0 Å². The number of anilines is 1. The van der Waals surface area contributed by atoms with E-state index in [4.69, 9.17) is 0 Å². The van der Waals surface area contributed by atoms with E-state index in [1.165, 1.54) is 37.9 Å². The first-order valence-corrected chi connectivity index (χ1v) is 14.6. The molecule has 1 saturated heterocycles. The number of hydrogen-bond acceptors (Lipinski definition) is 5. The van der Waals surface area contributed by atoms with Gasteiger partial charge in [-0.3, -0.25) is 14.4 Å². The van der Waals surface area contributed by atoms with Gasteiger partial charge >= 0.3 is 0 Å². The Hall–Kier alpha value is -4.49. The molecule has 0 aliphatic carbocycles. The summed E-state index contributed by atoms with van der Waals surface area (Å²) in [5.41, 5.74) is 2.88. The number of aliphatic hydroxyl groups excluding tert-OH is 1. The molecule has 1 aliphatic rings. The van der Waals surface area contributed by atoms with E-state index in [9.17, 15) is 19.5 Å². The molecule has 7 heteroatoms. The minimum Gasteiger partial charge on any atom is -0.394 e. The van der Waals surface area contributed by atoms with E-state index >= 15 is 0 Å². The van der Waals surface area contributed by atoms with Crippen LogP contribution in [0.3, 0.4) is 0 Å². The first-order chi connectivity index (χ1) is 20.4. The Kier molecular flexibility index (Phi) is 7.76. The van der Waals surface area contributed by atoms with Crippen molar-refractivity contribution in [3.8, 4) is 0 Å². The van der Waals surface area contributed by atoms with E-state index in [-0.39, 0.29) is 24.0 Å². The number of benzene rings is 5. The van der Waals surface area contributed by atoms with E-state index in [2.05, 4.69) is 64.8 Å². The molecule has 5 aromatic carbocycles. The van der Waals surface area contributed by atoms with Gasteiger partial charge in [0.05, 0.1) is 6.61 Å². The summed E-state index contributed by atoms with van der Waals surface area (Å²) < 4.78 is 0. The summed E-state index contributed by atoms with van der Waals surface area (Å²) >= 11 is 0. The summed E-state index contributed by atoms with van der Waals surface area (Å²) in [5, 5.41) is 20.1. The van der Waals surface area contributed by atoms with E-state index < -0.39 is 12.6 Å². The molecule has 6 rings (SSSR count). The molecule has 0 unspecified atom stereocenters. The smallest absolute Gasteiger partial charge is 0.247 e. The second-order valence-electron chi connectivity index (χ2n) is 11.2. The fourth-order valence-electron chi connectivity index (χ4n) is 6.22. The van der Waals surface area contributed by atoms with Crippen molar-refractivity contribution in [2.24, 2.45) is 0 Å². The second-order valence-corrected chi connectivity index (χ2v) is 11.2. The van der Waals surface area contributed by atoms with Gasteiger partial charge in [0, 0.05) is 43.9 Å². The van der Waals surface area contributed by atoms with E-state index in [0.29, 0.717) is 38.2 Å². The van der Waals surface area contributed by atoms with Crippen molar-refractivity contribution < 1.29 is 19.5 Å². The maximum absolute atomic E-state index is 13.1. The number of aryl methyl sites for hydroxylation is 1. The van der Waals surface area contributed by atoms with Crippen LogP contribution < -0.4 is 10.2 Å². The van der Waals surface area contributed by atoms with Gasteiger partial charge in [0.1, 0.15) is 6.04 Å². The molecule has 1 aliphatic heterocycles. The van der Waals surface area contributed by atoms with Crippen molar-refractivity contribution >= 4 is 55.6 Å². The molecule has 0 aromatic heterocycles. The monoisotopic (exact) mass is 561 g/mol. The highest BCUT2D eigenvalue weighted by Gasteiger charge is 2.28. The number of ketones is 1. The van der Waals surface area contributed by atoms with E-state index in [1.54, 1.807) is 11.8 Å². The fraction of sp³-hybridized carbons (Fsp3) is 0.286. The summed E-state index contributed by atoms with van der Waals surface area (Å²) in [6, 6.07) is 25.9. The van der Waals surface area contributed by atoms with Crippen LogP contribution in [0.2, 0.25) is 0 Å². The van der Waals surface area contributed by atoms with Gasteiger partial charge in [-0.25, -0.2) is 0 Å². The van der Waals surface area contributed by atoms with E-state index in [1.807, 2.05) is 24.3 Å². The van der Waals surface area contributed by atoms with Crippen LogP contribution in [0.25, 0.3) is 32.3 Å². The molecule has 2 amide bonds. The molecule has 0 spiro atoms. The average Bonchev–Trinajstić information content (AvgIpc) is 3.03. The van der Waals surface area contributed by atoms with Crippen LogP contribution in [-0.2, 0) is 16.0 Å². The predicted molar refractivity (Wildman–Crippen MR) is 167 cm³/mol. The van der Waals surface area contributed by atoms with Gasteiger partial charge in [0.25, 0.3) is 0 Å². The molecule has 1 atom stereocenters. The standard InChI is InChI=1S/C35H35N3O4/c1-23(40)24-12-15-29(16-13-24)37-18-20-38(21-19-37)35(42)31(22-39)36-32(41)7-3-4-25-8-9-28-11-10-26-5-2-6-27-14-17-30(25)34(28)33(26)27/h2,5-6,8-17,31,39H,3-4,7,18-22H2,1H3,(H,36,41)/t31-/m0/s1. The number of nitrogens with zero attached hydrogens (tertiary/aromatic N) is 2. The minimum atomic E-state index is -0.951. The number of Topliss-reactive ketones (excluding diaryl/α,β-unsaturated/α-hetero) is 1. The van der Waals surface area contributed by atoms with Crippen molar-refractivity contribution in [3.63, 3.8) is 0 Å². The molecule has 42 heavy (non-hydrogen) atoms. The third-order valence-corrected chi connectivity index (χ3v) is 8.52. The molecular formula is C35H35N3O4. The predicted octanol–water partition coefficient (Wildman–Crippen LogP) is 4.94. The number of carbonyl (C=O) groups excluding carboxylic acids is 3. The summed E-state index contributed by atoms with van der Waals surface area (Å²) in [6.45, 7) is 3.37. The highest BCUT2D eigenvalue weighted by atomic mass is 16.3. The zero-order chi connectivity index (χ0) is 29.2. The van der Waals surface area contributed by atoms with Gasteiger partial charge in [-0.1, -0.05) is 54.6 Å². The third-order valence-electron chi connectivity index (χ3n) is 8.52. The molecule has 0 bridgehead atoms. The van der Waals surface area contributed by atoms with Crippen LogP contribution in [0.15, 0.2) is 78.9 Å². The Balaban J connectivity index is 1.03. The molecule has 0 saturated carbocycles. The number of amides is 2. The molecule has 1 fully saturated rings. The van der Waals surface area contributed by atoms with Crippen LogP contribution in [0.1, 0.15) is 35.7 Å². The molecule has 2 N–H and O–H groups in total. The van der Waals surface area contributed by atoms with Gasteiger partial charge < -0.3 is 20.2 Å². The summed E-state index contributed by atoms with van der Waals surface area (Å²) in [4.78, 5) is 41.4. The molecule has 0 radical (unpaired) electrons. The van der Waals surface area contributed by atoms with Gasteiger partial charge in [-0.15, -0.1) is 0 Å². The summed E-state index contributed by atoms with van der Waals surface area (Å²) in [5.74, 6) is -0.463. The highest BCUT2D eigenvalue weighted by molar-refractivity contribution is 6.23. The van der Waals surface area contributed by atoms with E-state index in [0.717, 1.165) is 12.1 Å². The number of carbonyl (C=O) groups is 3. The molecule has 7 nitrogen and oxygen atoms in total. The zero-order valence-electron chi connectivity index (χ0n) is 23.8. The number of rotatable bonds is 9. The normalized spacial score (nSPS) is 14.5. The Morgan fingerprint density at radius 1 is 0.810 bits per heavy atom. The second kappa shape index (κ2) is 11.8. The van der Waals surface area contributed by atoms with Crippen LogP contribution in [-0.4, -0.2) is 66.4 Å². The first-order valence-electron chi connectivity index (χ1n) is 14.6. The highest BCUT2D eigenvalue weighted by Crippen LogP contribution is 2.36. The van der Waals surface area contributed by atoms with Crippen LogP contribution >= 0.6 is 0 Å². The summed E-state index contributed by atoms with van der Waals surface area (Å²) in [7, 11) is 0. The van der Waals surface area contributed by atoms with Gasteiger partial charge in [0.15, 0.2) is 5.78 Å². The number of aliphatic hydroxyl groups is 1. The maximum Gasteiger partial charge on any atom is 0.247 e. The number of hydrogen-bond donors (Lipinski definition) is 2. The molecular weight excluding hydrogens is 526 g/mol. The molecule has 214 valence electrons. The Labute approximate surface area is 245 Å². The Morgan fingerprint density at radius 2 is 1.45 bits per heavy atom. The molecule has 5 aromatic rings. The first kappa shape index (κ1) is 27.7. The van der Waals surface area contributed by atoms with Crippen LogP contribution in [0.4, 0.5) is 5.69 Å². The van der Waals surface area contributed by atoms with Gasteiger partial charge in [-0.2, -0.15) is 0 Å². The maximum atomic E-state index is 13.1. The largest absolute Gasteiger partial charge is 0.394 e.